The van der Waals surface area contributed by atoms with Crippen molar-refractivity contribution >= 4 is 64.3 Å². The third kappa shape index (κ3) is 15.8. The molecule has 0 saturated carbocycles. The third-order valence-corrected chi connectivity index (χ3v) is 14.1. The van der Waals surface area contributed by atoms with Crippen molar-refractivity contribution in [3.05, 3.63) is 86.7 Å². The van der Waals surface area contributed by atoms with Gasteiger partial charge in [0.15, 0.2) is 0 Å². The van der Waals surface area contributed by atoms with E-state index in [0.29, 0.717) is 41.9 Å². The number of rotatable bonds is 26. The van der Waals surface area contributed by atoms with Gasteiger partial charge in [0, 0.05) is 47.3 Å². The van der Waals surface area contributed by atoms with Gasteiger partial charge in [-0.15, -0.1) is 0 Å². The lowest BCUT2D eigenvalue weighted by Gasteiger charge is -2.35. The van der Waals surface area contributed by atoms with Crippen LogP contribution >= 0.6 is 0 Å². The highest BCUT2D eigenvalue weighted by Gasteiger charge is 2.51. The zero-order chi connectivity index (χ0) is 60.3. The van der Waals surface area contributed by atoms with Gasteiger partial charge in [-0.2, -0.15) is 0 Å². The first kappa shape index (κ1) is 63.0. The molecule has 2 aliphatic rings. The number of carbonyl (C=O) groups is 8. The van der Waals surface area contributed by atoms with Crippen LogP contribution in [0.5, 0.6) is 5.75 Å². The summed E-state index contributed by atoms with van der Waals surface area (Å²) in [5.74, 6) is 0.528. The molecule has 25 nitrogen and oxygen atoms in total. The lowest BCUT2D eigenvalue weighted by atomic mass is 9.85. The van der Waals surface area contributed by atoms with Gasteiger partial charge in [-0.25, -0.2) is 25.3 Å². The number of primary amides is 1. The van der Waals surface area contributed by atoms with Crippen molar-refractivity contribution in [3.63, 3.8) is 0 Å². The number of amides is 7. The minimum absolute atomic E-state index is 0.0221. The van der Waals surface area contributed by atoms with E-state index in [1.54, 1.807) is 69.5 Å². The number of aryl methyl sites for hydroxylation is 1. The number of anilines is 1. The summed E-state index contributed by atoms with van der Waals surface area (Å²) in [6.45, 7) is 15.6. The van der Waals surface area contributed by atoms with E-state index in [-0.39, 0.29) is 81.0 Å². The molecule has 444 valence electrons. The zero-order valence-electron chi connectivity index (χ0n) is 47.8. The van der Waals surface area contributed by atoms with E-state index in [4.69, 9.17) is 35.6 Å². The number of aromatic hydroxyl groups is 1. The molecule has 6 rings (SSSR count). The molecule has 2 aromatic heterocycles. The minimum Gasteiger partial charge on any atom is -0.508 e. The maximum atomic E-state index is 14.2. The van der Waals surface area contributed by atoms with E-state index < -0.39 is 101 Å². The standard InChI is InChI=1S/C57H76N10O15/c1-10-35-36-25-34(68)18-19-40(36)63-47-37(35)27-67-43(47)26-39-38(51(67)74)29-78-52(75)57(39,11-2)82-54(77)79-28-32-14-16-33(17-15-32)61-48(71)41(13-12-23-60-53(58)76)64-50(73)46(31(3)4)65-44(69)21-20-42(62-45(70)30-81-59)49(72)66-56(8,9)22-24-80-55(5,6)7/h14-19,25-26,31,41-42,46,68H,10-13,20-24,27-30,59H2,1-9H3,(H,61,71)(H,62,70)(H,64,73)(H,65,69)(H,66,72)(H3,58,60,76)/t41-,42-,46-,57-/m0/s1. The first-order valence-corrected chi connectivity index (χ1v) is 27.2. The number of hydrogen-bond acceptors (Lipinski definition) is 17. The van der Waals surface area contributed by atoms with Gasteiger partial charge in [-0.3, -0.25) is 33.6 Å². The molecule has 0 aliphatic carbocycles. The Morgan fingerprint density at radius 1 is 0.878 bits per heavy atom. The number of urea groups is 1. The summed E-state index contributed by atoms with van der Waals surface area (Å²) in [6, 6.07) is 8.31. The largest absolute Gasteiger partial charge is 0.510 e. The van der Waals surface area contributed by atoms with Gasteiger partial charge >= 0.3 is 18.2 Å². The molecule has 11 N–H and O–H groups in total. The maximum absolute atomic E-state index is 14.2. The molecule has 4 heterocycles. The Bertz CT molecular complexity index is 3120. The molecule has 0 unspecified atom stereocenters. The van der Waals surface area contributed by atoms with Crippen LogP contribution in [0, 0.1) is 5.92 Å². The number of cyclic esters (lactones) is 1. The van der Waals surface area contributed by atoms with Crippen LogP contribution in [0.4, 0.5) is 15.3 Å². The van der Waals surface area contributed by atoms with E-state index in [2.05, 4.69) is 36.7 Å². The number of nitrogens with two attached hydrogens (primary N) is 2. The number of pyridine rings is 2. The zero-order valence-corrected chi connectivity index (χ0v) is 47.8. The van der Waals surface area contributed by atoms with Crippen molar-refractivity contribution in [2.45, 2.75) is 162 Å². The summed E-state index contributed by atoms with van der Waals surface area (Å²) >= 11 is 0. The number of fused-ring (bicyclic) bond motifs is 5. The van der Waals surface area contributed by atoms with Gasteiger partial charge in [0.2, 0.25) is 35.1 Å². The average molecular weight is 1140 g/mol. The van der Waals surface area contributed by atoms with Crippen LogP contribution < -0.4 is 49.1 Å². The fraction of sp³-hybridized carbons (Fsp3) is 0.509. The van der Waals surface area contributed by atoms with Crippen molar-refractivity contribution in [2.24, 2.45) is 17.5 Å². The molecule has 0 saturated heterocycles. The number of phenols is 1. The van der Waals surface area contributed by atoms with E-state index >= 15 is 0 Å². The topological polar surface area (TPSA) is 362 Å². The summed E-state index contributed by atoms with van der Waals surface area (Å²) in [5.41, 5.74) is 5.91. The van der Waals surface area contributed by atoms with Gasteiger partial charge in [0.05, 0.1) is 34.6 Å². The van der Waals surface area contributed by atoms with Crippen LogP contribution in [0.2, 0.25) is 0 Å². The van der Waals surface area contributed by atoms with Crippen LogP contribution in [0.3, 0.4) is 0 Å². The fourth-order valence-corrected chi connectivity index (χ4v) is 9.72. The highest BCUT2D eigenvalue weighted by atomic mass is 16.7. The Balaban J connectivity index is 1.09. The Morgan fingerprint density at radius 2 is 1.59 bits per heavy atom. The summed E-state index contributed by atoms with van der Waals surface area (Å²) in [4.78, 5) is 129. The van der Waals surface area contributed by atoms with Crippen LogP contribution in [-0.4, -0.2) is 111 Å². The average Bonchev–Trinajstić information content (AvgIpc) is 3.65. The van der Waals surface area contributed by atoms with Gasteiger partial charge in [0.25, 0.3) is 5.56 Å². The predicted octanol–water partition coefficient (Wildman–Crippen LogP) is 3.98. The SMILES string of the molecule is CCc1c2c(nc3ccc(O)cc13)-c1cc3c(c(=O)n1C2)COC(=O)[C@@]3(CC)OC(=O)OCc1ccc(NC(=O)[C@H](CCCNC(N)=O)NC(=O)[C@@H](NC(=O)CC[C@H](NC(=O)CON)C(=O)NC(C)(C)CCOC(C)(C)C)C(C)C)cc1. The van der Waals surface area contributed by atoms with Gasteiger partial charge in [-0.1, -0.05) is 39.8 Å². The van der Waals surface area contributed by atoms with E-state index in [9.17, 15) is 48.3 Å². The second-order valence-corrected chi connectivity index (χ2v) is 22.2. The molecule has 2 aromatic carbocycles. The fourth-order valence-electron chi connectivity index (χ4n) is 9.72. The van der Waals surface area contributed by atoms with Crippen LogP contribution in [0.1, 0.15) is 129 Å². The second-order valence-electron chi connectivity index (χ2n) is 22.2. The highest BCUT2D eigenvalue weighted by Crippen LogP contribution is 2.42. The summed E-state index contributed by atoms with van der Waals surface area (Å²) in [5, 5.41) is 27.0. The quantitative estimate of drug-likeness (QED) is 0.0215. The van der Waals surface area contributed by atoms with Crippen LogP contribution in [0.15, 0.2) is 53.3 Å². The molecule has 0 radical (unpaired) electrons. The maximum Gasteiger partial charge on any atom is 0.510 e. The molecule has 2 aliphatic heterocycles. The van der Waals surface area contributed by atoms with Crippen molar-refractivity contribution < 1.29 is 67.2 Å². The number of ether oxygens (including phenoxy) is 4. The lowest BCUT2D eigenvalue weighted by Crippen LogP contribution is -2.55. The number of benzene rings is 2. The monoisotopic (exact) mass is 1140 g/mol. The normalized spacial score (nSPS) is 15.6. The number of carbonyl (C=O) groups excluding carboxylic acids is 8. The Hall–Kier alpha value is -8.16. The Kier molecular flexibility index (Phi) is 20.8. The Morgan fingerprint density at radius 3 is 2.23 bits per heavy atom. The van der Waals surface area contributed by atoms with Gasteiger partial charge < -0.3 is 66.3 Å². The smallest absolute Gasteiger partial charge is 0.508 e. The molecule has 0 fully saturated rings. The summed E-state index contributed by atoms with van der Waals surface area (Å²) < 4.78 is 24.2. The highest BCUT2D eigenvalue weighted by molar-refractivity contribution is 5.99. The van der Waals surface area contributed by atoms with Crippen molar-refractivity contribution in [3.8, 4) is 17.1 Å². The number of nitrogens with zero attached hydrogens (tertiary/aromatic N) is 2. The van der Waals surface area contributed by atoms with Crippen LogP contribution in [0.25, 0.3) is 22.3 Å². The summed E-state index contributed by atoms with van der Waals surface area (Å²) in [6.07, 6.45) is -0.551. The first-order valence-electron chi connectivity index (χ1n) is 27.2. The van der Waals surface area contributed by atoms with Crippen molar-refractivity contribution in [2.75, 3.05) is 25.1 Å². The Labute approximate surface area is 474 Å². The van der Waals surface area contributed by atoms with E-state index in [0.717, 1.165) is 16.5 Å². The number of esters is 1. The molecular weight excluding hydrogens is 1060 g/mol. The van der Waals surface area contributed by atoms with Gasteiger partial charge in [0.1, 0.15) is 43.7 Å². The lowest BCUT2D eigenvalue weighted by molar-refractivity contribution is -0.175. The van der Waals surface area contributed by atoms with E-state index in [1.807, 2.05) is 27.7 Å². The minimum atomic E-state index is -2.04. The third-order valence-electron chi connectivity index (χ3n) is 14.1. The molecule has 25 heteroatoms. The van der Waals surface area contributed by atoms with E-state index in [1.165, 1.54) is 18.2 Å². The van der Waals surface area contributed by atoms with Gasteiger partial charge in [-0.05, 0) is 127 Å². The number of hydrogen-bond donors (Lipinski definition) is 9. The predicted molar refractivity (Wildman–Crippen MR) is 299 cm³/mol. The number of aromatic nitrogens is 2. The molecule has 0 spiro atoms. The molecule has 7 amide bonds. The summed E-state index contributed by atoms with van der Waals surface area (Å²) in [7, 11) is 0. The molecule has 0 bridgehead atoms. The number of phenolic OH excluding ortho intramolecular Hbond substituents is 1. The molecular formula is C57H76N10O15. The van der Waals surface area contributed by atoms with Crippen molar-refractivity contribution in [1.82, 2.24) is 36.1 Å². The molecule has 4 aromatic rings. The molecule has 4 atom stereocenters. The number of nitrogens with one attached hydrogen (secondary N) is 6. The molecule has 82 heavy (non-hydrogen) atoms. The second kappa shape index (κ2) is 27.1. The van der Waals surface area contributed by atoms with Crippen molar-refractivity contribution in [1.29, 1.82) is 0 Å². The first-order chi connectivity index (χ1) is 38.7. The van der Waals surface area contributed by atoms with Crippen LogP contribution in [-0.2, 0) is 84.3 Å².